The van der Waals surface area contributed by atoms with Crippen molar-refractivity contribution in [2.24, 2.45) is 4.99 Å². The molecular formula is C20H24N2O4. The van der Waals surface area contributed by atoms with Crippen LogP contribution >= 0.6 is 0 Å². The molecule has 1 amide bonds. The molecule has 0 spiro atoms. The highest BCUT2D eigenvalue weighted by Gasteiger charge is 2.35. The largest absolute Gasteiger partial charge is 0.481 e. The number of allylic oxidation sites excluding steroid dienone is 1. The number of carbonyl (C=O) groups is 3. The highest BCUT2D eigenvalue weighted by atomic mass is 16.4. The van der Waals surface area contributed by atoms with E-state index in [1.54, 1.807) is 30.5 Å². The van der Waals surface area contributed by atoms with Gasteiger partial charge in [0.2, 0.25) is 0 Å². The van der Waals surface area contributed by atoms with Gasteiger partial charge in [0, 0.05) is 31.2 Å². The summed E-state index contributed by atoms with van der Waals surface area (Å²) in [7, 11) is 0. The van der Waals surface area contributed by atoms with E-state index >= 15 is 0 Å². The lowest BCUT2D eigenvalue weighted by Crippen LogP contribution is -2.34. The van der Waals surface area contributed by atoms with Crippen molar-refractivity contribution in [1.82, 2.24) is 5.32 Å². The molecule has 0 radical (unpaired) electrons. The van der Waals surface area contributed by atoms with Gasteiger partial charge in [-0.3, -0.25) is 19.4 Å². The van der Waals surface area contributed by atoms with Crippen LogP contribution in [0.2, 0.25) is 0 Å². The lowest BCUT2D eigenvalue weighted by molar-refractivity contribution is -0.137. The van der Waals surface area contributed by atoms with Crippen molar-refractivity contribution < 1.29 is 19.5 Å². The molecule has 0 fully saturated rings. The van der Waals surface area contributed by atoms with E-state index in [2.05, 4.69) is 10.3 Å². The van der Waals surface area contributed by atoms with E-state index in [9.17, 15) is 14.4 Å². The number of unbranched alkanes of at least 4 members (excludes halogenated alkanes) is 2. The van der Waals surface area contributed by atoms with E-state index in [1.165, 1.54) is 0 Å². The molecule has 138 valence electrons. The summed E-state index contributed by atoms with van der Waals surface area (Å²) in [4.78, 5) is 39.4. The number of carbonyl (C=O) groups excluding carboxylic acids is 2. The van der Waals surface area contributed by atoms with Crippen LogP contribution in [0.25, 0.3) is 0 Å². The van der Waals surface area contributed by atoms with Gasteiger partial charge >= 0.3 is 5.97 Å². The van der Waals surface area contributed by atoms with Crippen LogP contribution in [0.3, 0.4) is 0 Å². The van der Waals surface area contributed by atoms with Crippen LogP contribution in [0, 0.1) is 0 Å². The summed E-state index contributed by atoms with van der Waals surface area (Å²) in [5.41, 5.74) is -0.367. The Balaban J connectivity index is 1.66. The average Bonchev–Trinajstić information content (AvgIpc) is 3.13. The van der Waals surface area contributed by atoms with Crippen molar-refractivity contribution >= 4 is 23.9 Å². The van der Waals surface area contributed by atoms with Gasteiger partial charge in [0.1, 0.15) is 5.54 Å². The number of hydrogen-bond donors (Lipinski definition) is 2. The van der Waals surface area contributed by atoms with Crippen LogP contribution in [0.15, 0.2) is 47.5 Å². The van der Waals surface area contributed by atoms with Gasteiger partial charge in [0.15, 0.2) is 5.78 Å². The van der Waals surface area contributed by atoms with Gasteiger partial charge < -0.3 is 10.4 Å². The van der Waals surface area contributed by atoms with Crippen LogP contribution in [0.1, 0.15) is 48.9 Å². The third-order valence-corrected chi connectivity index (χ3v) is 4.37. The van der Waals surface area contributed by atoms with Gasteiger partial charge in [-0.25, -0.2) is 0 Å². The molecule has 0 aromatic heterocycles. The summed E-state index contributed by atoms with van der Waals surface area (Å²) >= 11 is 0. The molecule has 1 aromatic rings. The molecule has 1 aliphatic heterocycles. The Kier molecular flexibility index (Phi) is 7.26. The number of aliphatic carboxylic acids is 1. The molecule has 2 rings (SSSR count). The fourth-order valence-electron chi connectivity index (χ4n) is 2.87. The highest BCUT2D eigenvalue weighted by Crippen LogP contribution is 2.27. The summed E-state index contributed by atoms with van der Waals surface area (Å²) in [5.74, 6) is -1.07. The first-order valence-corrected chi connectivity index (χ1v) is 8.85. The summed E-state index contributed by atoms with van der Waals surface area (Å²) in [6.45, 7) is 0.560. The number of carboxylic acid groups (broad SMARTS) is 1. The molecule has 6 heteroatoms. The second-order valence-electron chi connectivity index (χ2n) is 6.31. The summed E-state index contributed by atoms with van der Waals surface area (Å²) in [6, 6.07) is 9.03. The normalized spacial score (nSPS) is 18.0. The van der Waals surface area contributed by atoms with Crippen LogP contribution < -0.4 is 5.32 Å². The lowest BCUT2D eigenvalue weighted by atomic mass is 9.87. The minimum atomic E-state index is -1.00. The fraction of sp³-hybridized carbons (Fsp3) is 0.400. The molecule has 1 unspecified atom stereocenters. The Morgan fingerprint density at radius 3 is 2.46 bits per heavy atom. The standard InChI is InChI=1S/C20H24N2O4/c23-17(20(12-7-15-22-20)13-11-18(24)25)10-5-2-6-14-21-19(26)16-8-3-1-4-9-16/h1,3-4,7-9,12,15H,2,5-6,10-11,13-14H2,(H,21,26)(H,24,25). The monoisotopic (exact) mass is 356 g/mol. The number of nitrogens with zero attached hydrogens (tertiary/aromatic N) is 1. The Morgan fingerprint density at radius 1 is 1.04 bits per heavy atom. The zero-order valence-electron chi connectivity index (χ0n) is 14.7. The molecule has 1 atom stereocenters. The average molecular weight is 356 g/mol. The van der Waals surface area contributed by atoms with Crippen molar-refractivity contribution in [3.8, 4) is 0 Å². The minimum Gasteiger partial charge on any atom is -0.481 e. The van der Waals surface area contributed by atoms with Gasteiger partial charge in [-0.15, -0.1) is 0 Å². The van der Waals surface area contributed by atoms with Crippen molar-refractivity contribution in [1.29, 1.82) is 0 Å². The maximum Gasteiger partial charge on any atom is 0.303 e. The number of ketones is 1. The Bertz CT molecular complexity index is 683. The van der Waals surface area contributed by atoms with Gasteiger partial charge in [-0.1, -0.05) is 24.6 Å². The molecule has 2 N–H and O–H groups in total. The van der Waals surface area contributed by atoms with E-state index in [0.29, 0.717) is 24.9 Å². The smallest absolute Gasteiger partial charge is 0.303 e. The summed E-state index contributed by atoms with van der Waals surface area (Å²) < 4.78 is 0. The maximum absolute atomic E-state index is 12.5. The molecule has 0 aliphatic carbocycles. The van der Waals surface area contributed by atoms with Gasteiger partial charge in [-0.2, -0.15) is 0 Å². The van der Waals surface area contributed by atoms with Gasteiger partial charge in [0.05, 0.1) is 0 Å². The number of aliphatic imine (C=N–C) groups is 1. The molecule has 1 aromatic carbocycles. The summed E-state index contributed by atoms with van der Waals surface area (Å²) in [5, 5.41) is 11.7. The highest BCUT2D eigenvalue weighted by molar-refractivity contribution is 5.96. The van der Waals surface area contributed by atoms with Crippen molar-refractivity contribution in [2.75, 3.05) is 6.54 Å². The van der Waals surface area contributed by atoms with Crippen molar-refractivity contribution in [3.05, 3.63) is 48.0 Å². The Hall–Kier alpha value is -2.76. The fourth-order valence-corrected chi connectivity index (χ4v) is 2.87. The van der Waals surface area contributed by atoms with Crippen LogP contribution in [-0.2, 0) is 9.59 Å². The van der Waals surface area contributed by atoms with Crippen LogP contribution in [0.5, 0.6) is 0 Å². The lowest BCUT2D eigenvalue weighted by Gasteiger charge is -2.22. The first kappa shape index (κ1) is 19.6. The molecule has 0 bridgehead atoms. The molecule has 1 aliphatic rings. The predicted octanol–water partition coefficient (Wildman–Crippen LogP) is 2.79. The number of rotatable bonds is 11. The van der Waals surface area contributed by atoms with Gasteiger partial charge in [-0.05, 0) is 43.5 Å². The van der Waals surface area contributed by atoms with E-state index in [-0.39, 0.29) is 24.5 Å². The molecule has 0 saturated carbocycles. The number of benzene rings is 1. The number of amides is 1. The second kappa shape index (κ2) is 9.65. The number of Topliss-reactive ketones (excluding diaryl/α,β-unsaturated/α-hetero) is 1. The minimum absolute atomic E-state index is 0.0444. The van der Waals surface area contributed by atoms with Crippen LogP contribution in [0.4, 0.5) is 0 Å². The molecule has 0 saturated heterocycles. The van der Waals surface area contributed by atoms with E-state index in [4.69, 9.17) is 5.11 Å². The van der Waals surface area contributed by atoms with Crippen molar-refractivity contribution in [3.63, 3.8) is 0 Å². The summed E-state index contributed by atoms with van der Waals surface area (Å²) in [6.07, 6.45) is 7.69. The number of hydrogen-bond acceptors (Lipinski definition) is 4. The first-order valence-electron chi connectivity index (χ1n) is 8.85. The maximum atomic E-state index is 12.5. The first-order chi connectivity index (χ1) is 12.5. The third-order valence-electron chi connectivity index (χ3n) is 4.37. The molecule has 1 heterocycles. The number of carboxylic acids is 1. The predicted molar refractivity (Wildman–Crippen MR) is 99.5 cm³/mol. The zero-order chi connectivity index (χ0) is 18.8. The molecule has 26 heavy (non-hydrogen) atoms. The quantitative estimate of drug-likeness (QED) is 0.596. The van der Waals surface area contributed by atoms with E-state index in [1.807, 2.05) is 18.2 Å². The molecule has 6 nitrogen and oxygen atoms in total. The Morgan fingerprint density at radius 2 is 1.81 bits per heavy atom. The van der Waals surface area contributed by atoms with Crippen molar-refractivity contribution in [2.45, 2.75) is 44.1 Å². The Labute approximate surface area is 153 Å². The van der Waals surface area contributed by atoms with E-state index < -0.39 is 11.5 Å². The third kappa shape index (κ3) is 5.65. The SMILES string of the molecule is O=C(O)CCC1(C(=O)CCCCCNC(=O)c2ccccc2)C=CC=N1. The van der Waals surface area contributed by atoms with Crippen LogP contribution in [-0.4, -0.2) is 41.1 Å². The second-order valence-corrected chi connectivity index (χ2v) is 6.31. The topological polar surface area (TPSA) is 95.8 Å². The molecular weight excluding hydrogens is 332 g/mol. The van der Waals surface area contributed by atoms with E-state index in [0.717, 1.165) is 12.8 Å². The zero-order valence-corrected chi connectivity index (χ0v) is 14.7. The number of nitrogens with one attached hydrogen (secondary N) is 1. The van der Waals surface area contributed by atoms with Gasteiger partial charge in [0.25, 0.3) is 5.91 Å².